The fraction of sp³-hybridized carbons (Fsp3) is 0.231. The van der Waals surface area contributed by atoms with E-state index in [0.29, 0.717) is 12.1 Å². The lowest BCUT2D eigenvalue weighted by Gasteiger charge is -2.09. The fourth-order valence-corrected chi connectivity index (χ4v) is 1.82. The molecule has 2 rings (SSSR count). The van der Waals surface area contributed by atoms with Gasteiger partial charge >= 0.3 is 0 Å². The molecule has 1 aromatic carbocycles. The first-order valence-electron chi connectivity index (χ1n) is 5.90. The Labute approximate surface area is 111 Å². The van der Waals surface area contributed by atoms with Crippen LogP contribution in [0.5, 0.6) is 0 Å². The molecular formula is C13H17N5O. The highest BCUT2D eigenvalue weighted by atomic mass is 16.4. The number of hydrogen-bond acceptors (Lipinski definition) is 4. The highest BCUT2D eigenvalue weighted by Gasteiger charge is 2.04. The molecule has 0 aliphatic heterocycles. The van der Waals surface area contributed by atoms with Crippen LogP contribution in [0, 0.1) is 6.92 Å². The van der Waals surface area contributed by atoms with Crippen LogP contribution in [0.4, 0.5) is 5.69 Å². The van der Waals surface area contributed by atoms with E-state index in [0.717, 1.165) is 16.8 Å². The molecule has 19 heavy (non-hydrogen) atoms. The summed E-state index contributed by atoms with van der Waals surface area (Å²) in [5.41, 5.74) is 9.48. The molecule has 6 nitrogen and oxygen atoms in total. The van der Waals surface area contributed by atoms with Gasteiger partial charge in [-0.3, -0.25) is 4.68 Å². The van der Waals surface area contributed by atoms with Gasteiger partial charge in [0.2, 0.25) is 0 Å². The Kier molecular flexibility index (Phi) is 3.70. The van der Waals surface area contributed by atoms with Crippen LogP contribution >= 0.6 is 0 Å². The van der Waals surface area contributed by atoms with Gasteiger partial charge in [0, 0.05) is 25.4 Å². The summed E-state index contributed by atoms with van der Waals surface area (Å²) < 4.78 is 1.75. The minimum absolute atomic E-state index is 0.120. The van der Waals surface area contributed by atoms with E-state index in [1.54, 1.807) is 10.9 Å². The highest BCUT2D eigenvalue weighted by Crippen LogP contribution is 2.13. The van der Waals surface area contributed by atoms with Gasteiger partial charge in [-0.1, -0.05) is 17.3 Å². The average molecular weight is 259 g/mol. The van der Waals surface area contributed by atoms with Gasteiger partial charge in [0.05, 0.1) is 11.9 Å². The highest BCUT2D eigenvalue weighted by molar-refractivity contribution is 5.97. The van der Waals surface area contributed by atoms with Crippen molar-refractivity contribution in [2.45, 2.75) is 13.5 Å². The maximum Gasteiger partial charge on any atom is 0.170 e. The van der Waals surface area contributed by atoms with Crippen molar-refractivity contribution in [2.75, 3.05) is 5.32 Å². The first-order valence-corrected chi connectivity index (χ1v) is 5.90. The van der Waals surface area contributed by atoms with E-state index in [-0.39, 0.29) is 5.84 Å². The molecular weight excluding hydrogens is 242 g/mol. The van der Waals surface area contributed by atoms with Crippen LogP contribution in [0.25, 0.3) is 0 Å². The summed E-state index contributed by atoms with van der Waals surface area (Å²) >= 11 is 0. The summed E-state index contributed by atoms with van der Waals surface area (Å²) in [5.74, 6) is 0.120. The second-order valence-electron chi connectivity index (χ2n) is 4.38. The molecule has 4 N–H and O–H groups in total. The lowest BCUT2D eigenvalue weighted by molar-refractivity contribution is 0.318. The summed E-state index contributed by atoms with van der Waals surface area (Å²) in [7, 11) is 1.88. The monoisotopic (exact) mass is 259 g/mol. The number of amidine groups is 1. The summed E-state index contributed by atoms with van der Waals surface area (Å²) in [5, 5.41) is 19.0. The second kappa shape index (κ2) is 5.43. The lowest BCUT2D eigenvalue weighted by atomic mass is 10.0. The molecule has 0 bridgehead atoms. The molecule has 2 aromatic rings. The van der Waals surface area contributed by atoms with Gasteiger partial charge < -0.3 is 16.3 Å². The Hall–Kier alpha value is -2.50. The Balaban J connectivity index is 2.09. The molecule has 0 aliphatic rings. The molecule has 0 saturated heterocycles. The molecule has 6 heteroatoms. The fourth-order valence-electron chi connectivity index (χ4n) is 1.82. The summed E-state index contributed by atoms with van der Waals surface area (Å²) in [6.45, 7) is 2.70. The number of nitrogens with two attached hydrogens (primary N) is 1. The molecule has 0 saturated carbocycles. The number of oxime groups is 1. The largest absolute Gasteiger partial charge is 0.409 e. The molecule has 0 radical (unpaired) electrons. The summed E-state index contributed by atoms with van der Waals surface area (Å²) in [6, 6.07) is 5.70. The maximum absolute atomic E-state index is 8.64. The number of aryl methyl sites for hydroxylation is 2. The van der Waals surface area contributed by atoms with Gasteiger partial charge in [-0.25, -0.2) is 0 Å². The van der Waals surface area contributed by atoms with Crippen LogP contribution in [0.1, 0.15) is 16.7 Å². The van der Waals surface area contributed by atoms with Gasteiger partial charge in [-0.15, -0.1) is 0 Å². The van der Waals surface area contributed by atoms with Crippen LogP contribution < -0.4 is 11.1 Å². The molecule has 0 aliphatic carbocycles. The van der Waals surface area contributed by atoms with Crippen molar-refractivity contribution >= 4 is 11.5 Å². The molecule has 0 atom stereocenters. The van der Waals surface area contributed by atoms with Crippen LogP contribution in [-0.4, -0.2) is 20.8 Å². The zero-order chi connectivity index (χ0) is 13.8. The van der Waals surface area contributed by atoms with Crippen molar-refractivity contribution in [1.29, 1.82) is 0 Å². The standard InChI is InChI=1S/C13H17N5O/c1-9-5-10(13(14)17-19)3-4-11(9)6-15-12-7-16-18(2)8-12/h3-5,7-8,15,19H,6H2,1-2H3,(H2,14,17). The van der Waals surface area contributed by atoms with E-state index >= 15 is 0 Å². The van der Waals surface area contributed by atoms with Crippen LogP contribution in [-0.2, 0) is 13.6 Å². The summed E-state index contributed by atoms with van der Waals surface area (Å²) in [6.07, 6.45) is 3.69. The van der Waals surface area contributed by atoms with E-state index in [1.165, 1.54) is 0 Å². The third-order valence-corrected chi connectivity index (χ3v) is 2.93. The number of anilines is 1. The van der Waals surface area contributed by atoms with Crippen LogP contribution in [0.3, 0.4) is 0 Å². The zero-order valence-corrected chi connectivity index (χ0v) is 11.0. The SMILES string of the molecule is Cc1cc(/C(N)=N/O)ccc1CNc1cnn(C)c1. The second-order valence-corrected chi connectivity index (χ2v) is 4.38. The lowest BCUT2D eigenvalue weighted by Crippen LogP contribution is -2.13. The smallest absolute Gasteiger partial charge is 0.170 e. The minimum Gasteiger partial charge on any atom is -0.409 e. The van der Waals surface area contributed by atoms with Gasteiger partial charge in [0.25, 0.3) is 0 Å². The Morgan fingerprint density at radius 2 is 2.32 bits per heavy atom. The third-order valence-electron chi connectivity index (χ3n) is 2.93. The van der Waals surface area contributed by atoms with Crippen LogP contribution in [0.2, 0.25) is 0 Å². The molecule has 0 unspecified atom stereocenters. The van der Waals surface area contributed by atoms with E-state index < -0.39 is 0 Å². The van der Waals surface area contributed by atoms with Crippen molar-refractivity contribution in [3.63, 3.8) is 0 Å². The van der Waals surface area contributed by atoms with Crippen molar-refractivity contribution in [3.8, 4) is 0 Å². The number of aromatic nitrogens is 2. The summed E-state index contributed by atoms with van der Waals surface area (Å²) in [4.78, 5) is 0. The Morgan fingerprint density at radius 3 is 2.89 bits per heavy atom. The first-order chi connectivity index (χ1) is 9.10. The topological polar surface area (TPSA) is 88.5 Å². The molecule has 100 valence electrons. The third kappa shape index (κ3) is 3.04. The molecule has 1 heterocycles. The van der Waals surface area contributed by atoms with Crippen molar-refractivity contribution in [1.82, 2.24) is 9.78 Å². The van der Waals surface area contributed by atoms with E-state index in [9.17, 15) is 0 Å². The van der Waals surface area contributed by atoms with Crippen molar-refractivity contribution in [3.05, 3.63) is 47.3 Å². The van der Waals surface area contributed by atoms with Gasteiger partial charge in [0.15, 0.2) is 5.84 Å². The van der Waals surface area contributed by atoms with Gasteiger partial charge in [-0.2, -0.15) is 5.10 Å². The molecule has 0 fully saturated rings. The van der Waals surface area contributed by atoms with Gasteiger partial charge in [-0.05, 0) is 24.1 Å². The van der Waals surface area contributed by atoms with Crippen molar-refractivity contribution in [2.24, 2.45) is 17.9 Å². The Morgan fingerprint density at radius 1 is 1.53 bits per heavy atom. The molecule has 1 aromatic heterocycles. The zero-order valence-electron chi connectivity index (χ0n) is 11.0. The normalized spacial score (nSPS) is 11.6. The predicted octanol–water partition coefficient (Wildman–Crippen LogP) is 1.44. The number of hydrogen-bond donors (Lipinski definition) is 3. The van der Waals surface area contributed by atoms with E-state index in [2.05, 4.69) is 15.6 Å². The minimum atomic E-state index is 0.120. The Bertz CT molecular complexity index is 603. The molecule has 0 spiro atoms. The van der Waals surface area contributed by atoms with Crippen LogP contribution in [0.15, 0.2) is 35.7 Å². The number of rotatable bonds is 4. The number of nitrogens with zero attached hydrogens (tertiary/aromatic N) is 3. The first kappa shape index (κ1) is 12.9. The number of nitrogens with one attached hydrogen (secondary N) is 1. The average Bonchev–Trinajstić information content (AvgIpc) is 2.82. The quantitative estimate of drug-likeness (QED) is 0.335. The maximum atomic E-state index is 8.64. The molecule has 0 amide bonds. The van der Waals surface area contributed by atoms with Crippen molar-refractivity contribution < 1.29 is 5.21 Å². The van der Waals surface area contributed by atoms with Gasteiger partial charge in [0.1, 0.15) is 0 Å². The number of benzene rings is 1. The predicted molar refractivity (Wildman–Crippen MR) is 74.2 cm³/mol. The van der Waals surface area contributed by atoms with E-state index in [4.69, 9.17) is 10.9 Å². The van der Waals surface area contributed by atoms with E-state index in [1.807, 2.05) is 38.4 Å².